The van der Waals surface area contributed by atoms with Crippen LogP contribution in [-0.2, 0) is 13.6 Å². The van der Waals surface area contributed by atoms with E-state index in [1.807, 2.05) is 19.9 Å². The summed E-state index contributed by atoms with van der Waals surface area (Å²) in [4.78, 5) is 0. The highest BCUT2D eigenvalue weighted by Gasteiger charge is 2.43. The molecule has 1 aromatic rings. The van der Waals surface area contributed by atoms with Gasteiger partial charge in [-0.05, 0) is 19.0 Å². The Labute approximate surface area is 110 Å². The van der Waals surface area contributed by atoms with Gasteiger partial charge in [0, 0.05) is 25.2 Å². The highest BCUT2D eigenvalue weighted by Crippen LogP contribution is 2.25. The van der Waals surface area contributed by atoms with Gasteiger partial charge in [-0.3, -0.25) is 0 Å². The molecule has 1 aliphatic rings. The average molecular weight is 266 g/mol. The Kier molecular flexibility index (Phi) is 4.94. The van der Waals surface area contributed by atoms with Crippen molar-refractivity contribution in [1.82, 2.24) is 0 Å². The van der Waals surface area contributed by atoms with Crippen molar-refractivity contribution >= 4 is 13.7 Å². The van der Waals surface area contributed by atoms with Gasteiger partial charge in [0.1, 0.15) is 0 Å². The second kappa shape index (κ2) is 6.47. The lowest BCUT2D eigenvalue weighted by Gasteiger charge is -2.36. The lowest BCUT2D eigenvalue weighted by atomic mass is 10.1. The van der Waals surface area contributed by atoms with Gasteiger partial charge in [0.25, 0.3) is 0 Å². The monoisotopic (exact) mass is 266 g/mol. The van der Waals surface area contributed by atoms with E-state index in [1.165, 1.54) is 5.19 Å². The summed E-state index contributed by atoms with van der Waals surface area (Å²) in [6.07, 6.45) is 0. The van der Waals surface area contributed by atoms with Gasteiger partial charge in [-0.1, -0.05) is 30.3 Å². The summed E-state index contributed by atoms with van der Waals surface area (Å²) >= 11 is 0. The molecule has 2 rings (SSSR count). The van der Waals surface area contributed by atoms with Crippen LogP contribution in [0.4, 0.5) is 0 Å². The standard InChI is InChI=1S/C14H22O3Si/c1-3-16-18(17-4-2,12-13-10-15-11-13)14-8-6-5-7-9-14/h5-9,13H,3-4,10-12H2,1-2H3. The van der Waals surface area contributed by atoms with Crippen LogP contribution in [-0.4, -0.2) is 35.0 Å². The fourth-order valence-electron chi connectivity index (χ4n) is 2.38. The Bertz CT molecular complexity index is 345. The van der Waals surface area contributed by atoms with Crippen LogP contribution >= 0.6 is 0 Å². The lowest BCUT2D eigenvalue weighted by molar-refractivity contribution is -0.0269. The van der Waals surface area contributed by atoms with Crippen LogP contribution in [0.3, 0.4) is 0 Å². The van der Waals surface area contributed by atoms with Crippen LogP contribution in [0, 0.1) is 5.92 Å². The third kappa shape index (κ3) is 3.01. The second-order valence-electron chi connectivity index (χ2n) is 4.59. The molecule has 0 amide bonds. The molecule has 100 valence electrons. The van der Waals surface area contributed by atoms with Crippen LogP contribution in [0.2, 0.25) is 6.04 Å². The van der Waals surface area contributed by atoms with E-state index in [0.717, 1.165) is 19.3 Å². The summed E-state index contributed by atoms with van der Waals surface area (Å²) in [5.74, 6) is 0.593. The second-order valence-corrected chi connectivity index (χ2v) is 7.66. The molecule has 4 heteroatoms. The van der Waals surface area contributed by atoms with Crippen LogP contribution in [0.25, 0.3) is 0 Å². The Balaban J connectivity index is 2.22. The molecule has 0 saturated carbocycles. The fraction of sp³-hybridized carbons (Fsp3) is 0.571. The molecule has 1 aliphatic heterocycles. The largest absolute Gasteiger partial charge is 0.391 e. The van der Waals surface area contributed by atoms with Crippen molar-refractivity contribution in [2.75, 3.05) is 26.4 Å². The van der Waals surface area contributed by atoms with Gasteiger partial charge in [-0.15, -0.1) is 0 Å². The summed E-state index contributed by atoms with van der Waals surface area (Å²) in [6.45, 7) is 7.19. The first-order valence-corrected chi connectivity index (χ1v) is 8.74. The number of ether oxygens (including phenoxy) is 1. The molecule has 0 spiro atoms. The zero-order chi connectivity index (χ0) is 12.8. The van der Waals surface area contributed by atoms with Crippen LogP contribution in [0.5, 0.6) is 0 Å². The minimum Gasteiger partial charge on any atom is -0.391 e. The van der Waals surface area contributed by atoms with E-state index in [4.69, 9.17) is 13.6 Å². The molecular formula is C14H22O3Si. The molecule has 0 aliphatic carbocycles. The highest BCUT2D eigenvalue weighted by atomic mass is 28.4. The maximum atomic E-state index is 6.12. The van der Waals surface area contributed by atoms with Crippen molar-refractivity contribution in [1.29, 1.82) is 0 Å². The van der Waals surface area contributed by atoms with Gasteiger partial charge in [0.15, 0.2) is 0 Å². The first-order chi connectivity index (χ1) is 8.80. The van der Waals surface area contributed by atoms with Crippen LogP contribution in [0.1, 0.15) is 13.8 Å². The molecule has 1 heterocycles. The zero-order valence-corrected chi connectivity index (χ0v) is 12.2. The topological polar surface area (TPSA) is 27.7 Å². The molecule has 1 aromatic carbocycles. The smallest absolute Gasteiger partial charge is 0.372 e. The van der Waals surface area contributed by atoms with Gasteiger partial charge >= 0.3 is 8.56 Å². The summed E-state index contributed by atoms with van der Waals surface area (Å²) < 4.78 is 17.5. The fourth-order valence-corrected chi connectivity index (χ4v) is 5.90. The third-order valence-electron chi connectivity index (χ3n) is 3.23. The molecule has 0 atom stereocenters. The first kappa shape index (κ1) is 13.7. The zero-order valence-electron chi connectivity index (χ0n) is 11.2. The van der Waals surface area contributed by atoms with Crippen molar-refractivity contribution in [3.63, 3.8) is 0 Å². The van der Waals surface area contributed by atoms with E-state index >= 15 is 0 Å². The summed E-state index contributed by atoms with van der Waals surface area (Å²) in [5, 5.41) is 1.24. The summed E-state index contributed by atoms with van der Waals surface area (Å²) in [5.41, 5.74) is 0. The first-order valence-electron chi connectivity index (χ1n) is 6.72. The Morgan fingerprint density at radius 1 is 1.11 bits per heavy atom. The predicted octanol–water partition coefficient (Wildman–Crippen LogP) is 2.06. The van der Waals surface area contributed by atoms with Crippen molar-refractivity contribution in [2.24, 2.45) is 5.92 Å². The van der Waals surface area contributed by atoms with E-state index in [0.29, 0.717) is 19.1 Å². The van der Waals surface area contributed by atoms with Gasteiger partial charge in [0.05, 0.1) is 13.2 Å². The van der Waals surface area contributed by atoms with Gasteiger partial charge in [-0.2, -0.15) is 0 Å². The Morgan fingerprint density at radius 2 is 1.72 bits per heavy atom. The number of hydrogen-bond acceptors (Lipinski definition) is 3. The number of benzene rings is 1. The Morgan fingerprint density at radius 3 is 2.17 bits per heavy atom. The molecule has 0 unspecified atom stereocenters. The van der Waals surface area contributed by atoms with Crippen molar-refractivity contribution in [3.8, 4) is 0 Å². The molecule has 0 radical (unpaired) electrons. The van der Waals surface area contributed by atoms with E-state index in [9.17, 15) is 0 Å². The normalized spacial score (nSPS) is 16.6. The maximum Gasteiger partial charge on any atom is 0.372 e. The SMILES string of the molecule is CCO[Si](CC1COC1)(OCC)c1ccccc1. The Hall–Kier alpha value is -0.683. The third-order valence-corrected chi connectivity index (χ3v) is 7.07. The van der Waals surface area contributed by atoms with Gasteiger partial charge in [-0.25, -0.2) is 0 Å². The number of rotatable bonds is 7. The van der Waals surface area contributed by atoms with Crippen LogP contribution < -0.4 is 5.19 Å². The summed E-state index contributed by atoms with van der Waals surface area (Å²) in [6, 6.07) is 11.4. The molecule has 1 saturated heterocycles. The minimum atomic E-state index is -2.28. The number of hydrogen-bond donors (Lipinski definition) is 0. The van der Waals surface area contributed by atoms with E-state index in [2.05, 4.69) is 24.3 Å². The van der Waals surface area contributed by atoms with E-state index in [1.54, 1.807) is 0 Å². The lowest BCUT2D eigenvalue weighted by Crippen LogP contribution is -2.56. The molecule has 3 nitrogen and oxygen atoms in total. The predicted molar refractivity (Wildman–Crippen MR) is 74.2 cm³/mol. The van der Waals surface area contributed by atoms with Crippen molar-refractivity contribution < 1.29 is 13.6 Å². The van der Waals surface area contributed by atoms with Crippen LogP contribution in [0.15, 0.2) is 30.3 Å². The molecular weight excluding hydrogens is 244 g/mol. The molecule has 0 N–H and O–H groups in total. The molecule has 1 fully saturated rings. The van der Waals surface area contributed by atoms with Crippen molar-refractivity contribution in [2.45, 2.75) is 19.9 Å². The quantitative estimate of drug-likeness (QED) is 0.707. The molecule has 0 aromatic heterocycles. The van der Waals surface area contributed by atoms with Gasteiger partial charge in [0.2, 0.25) is 0 Å². The summed E-state index contributed by atoms with van der Waals surface area (Å²) in [7, 11) is -2.28. The molecule has 18 heavy (non-hydrogen) atoms. The van der Waals surface area contributed by atoms with Gasteiger partial charge < -0.3 is 13.6 Å². The average Bonchev–Trinajstić information content (AvgIpc) is 2.35. The maximum absolute atomic E-state index is 6.12. The minimum absolute atomic E-state index is 0.593. The highest BCUT2D eigenvalue weighted by molar-refractivity contribution is 6.81. The van der Waals surface area contributed by atoms with E-state index < -0.39 is 8.56 Å². The van der Waals surface area contributed by atoms with E-state index in [-0.39, 0.29) is 0 Å². The molecule has 0 bridgehead atoms. The van der Waals surface area contributed by atoms with Crippen molar-refractivity contribution in [3.05, 3.63) is 30.3 Å².